The van der Waals surface area contributed by atoms with Gasteiger partial charge in [0.05, 0.1) is 6.20 Å². The second kappa shape index (κ2) is 2.17. The molecule has 4 heteroatoms. The Morgan fingerprint density at radius 3 is 3.18 bits per heavy atom. The summed E-state index contributed by atoms with van der Waals surface area (Å²) in [7, 11) is 0. The maximum absolute atomic E-state index is 5.47. The van der Waals surface area contributed by atoms with Crippen molar-refractivity contribution in [2.75, 3.05) is 5.73 Å². The summed E-state index contributed by atoms with van der Waals surface area (Å²) in [5.74, 6) is 0.486. The van der Waals surface area contributed by atoms with Crippen LogP contribution in [0, 0.1) is 6.92 Å². The SMILES string of the molecule is Cc1cc2ncc(N)nc2s1. The van der Waals surface area contributed by atoms with Crippen molar-refractivity contribution in [2.24, 2.45) is 0 Å². The highest BCUT2D eigenvalue weighted by atomic mass is 32.1. The fourth-order valence-corrected chi connectivity index (χ4v) is 1.79. The Morgan fingerprint density at radius 2 is 2.36 bits per heavy atom. The number of hydrogen-bond acceptors (Lipinski definition) is 4. The molecule has 0 fully saturated rings. The third-order valence-electron chi connectivity index (χ3n) is 1.38. The lowest BCUT2D eigenvalue weighted by molar-refractivity contribution is 1.32. The van der Waals surface area contributed by atoms with E-state index >= 15 is 0 Å². The van der Waals surface area contributed by atoms with E-state index in [0.29, 0.717) is 5.82 Å². The van der Waals surface area contributed by atoms with Crippen LogP contribution in [0.25, 0.3) is 10.3 Å². The van der Waals surface area contributed by atoms with Gasteiger partial charge in [0.15, 0.2) is 0 Å². The van der Waals surface area contributed by atoms with Gasteiger partial charge in [-0.05, 0) is 13.0 Å². The molecular formula is C7H7N3S. The van der Waals surface area contributed by atoms with Gasteiger partial charge in [-0.2, -0.15) is 0 Å². The Hall–Kier alpha value is -1.16. The van der Waals surface area contributed by atoms with E-state index in [9.17, 15) is 0 Å². The molecule has 0 aliphatic carbocycles. The predicted octanol–water partition coefficient (Wildman–Crippen LogP) is 1.58. The van der Waals surface area contributed by atoms with Crippen molar-refractivity contribution < 1.29 is 0 Å². The molecule has 2 heterocycles. The number of nitrogens with two attached hydrogens (primary N) is 1. The van der Waals surface area contributed by atoms with Crippen LogP contribution < -0.4 is 5.73 Å². The van der Waals surface area contributed by atoms with Crippen LogP contribution in [0.5, 0.6) is 0 Å². The maximum Gasteiger partial charge on any atom is 0.144 e. The normalized spacial score (nSPS) is 10.6. The van der Waals surface area contributed by atoms with Gasteiger partial charge in [-0.1, -0.05) is 0 Å². The Morgan fingerprint density at radius 1 is 1.55 bits per heavy atom. The molecule has 56 valence electrons. The average molecular weight is 165 g/mol. The summed E-state index contributed by atoms with van der Waals surface area (Å²) in [6.07, 6.45) is 1.58. The van der Waals surface area contributed by atoms with Gasteiger partial charge in [-0.3, -0.25) is 0 Å². The minimum Gasteiger partial charge on any atom is -0.382 e. The van der Waals surface area contributed by atoms with Crippen LogP contribution in [0.2, 0.25) is 0 Å². The Labute approximate surface area is 67.9 Å². The monoisotopic (exact) mass is 165 g/mol. The second-order valence-electron chi connectivity index (χ2n) is 2.34. The zero-order chi connectivity index (χ0) is 7.84. The molecule has 2 rings (SSSR count). The molecule has 0 saturated carbocycles. The lowest BCUT2D eigenvalue weighted by atomic mass is 10.4. The summed E-state index contributed by atoms with van der Waals surface area (Å²) in [4.78, 5) is 10.4. The van der Waals surface area contributed by atoms with Crippen molar-refractivity contribution in [1.82, 2.24) is 9.97 Å². The molecule has 0 aliphatic heterocycles. The number of fused-ring (bicyclic) bond motifs is 1. The molecule has 0 unspecified atom stereocenters. The van der Waals surface area contributed by atoms with Gasteiger partial charge in [0.25, 0.3) is 0 Å². The molecule has 0 atom stereocenters. The Balaban J connectivity index is 2.82. The summed E-state index contributed by atoms with van der Waals surface area (Å²) in [6.45, 7) is 2.03. The second-order valence-corrected chi connectivity index (χ2v) is 3.58. The van der Waals surface area contributed by atoms with Crippen LogP contribution in [-0.4, -0.2) is 9.97 Å². The molecule has 0 amide bonds. The van der Waals surface area contributed by atoms with Crippen LogP contribution in [0.4, 0.5) is 5.82 Å². The molecule has 11 heavy (non-hydrogen) atoms. The third-order valence-corrected chi connectivity index (χ3v) is 2.32. The Bertz CT molecular complexity index is 393. The topological polar surface area (TPSA) is 51.8 Å². The third kappa shape index (κ3) is 1.05. The minimum absolute atomic E-state index is 0.486. The highest BCUT2D eigenvalue weighted by molar-refractivity contribution is 7.18. The molecular weight excluding hydrogens is 158 g/mol. The zero-order valence-corrected chi connectivity index (χ0v) is 6.85. The van der Waals surface area contributed by atoms with Crippen LogP contribution in [-0.2, 0) is 0 Å². The molecule has 2 aromatic rings. The molecule has 0 radical (unpaired) electrons. The summed E-state index contributed by atoms with van der Waals surface area (Å²) < 4.78 is 0. The standard InChI is InChI=1S/C7H7N3S/c1-4-2-5-7(11-4)10-6(8)3-9-5/h2-3H,1H3,(H2,8,10). The lowest BCUT2D eigenvalue weighted by Crippen LogP contribution is -1.89. The predicted molar refractivity (Wildman–Crippen MR) is 46.6 cm³/mol. The first-order valence-corrected chi connectivity index (χ1v) is 4.06. The van der Waals surface area contributed by atoms with Crippen LogP contribution in [0.15, 0.2) is 12.3 Å². The highest BCUT2D eigenvalue weighted by Crippen LogP contribution is 2.21. The van der Waals surface area contributed by atoms with Gasteiger partial charge in [-0.15, -0.1) is 11.3 Å². The van der Waals surface area contributed by atoms with Crippen LogP contribution in [0.3, 0.4) is 0 Å². The summed E-state index contributed by atoms with van der Waals surface area (Å²) in [5.41, 5.74) is 6.40. The van der Waals surface area contributed by atoms with Crippen molar-refractivity contribution in [3.8, 4) is 0 Å². The van der Waals surface area contributed by atoms with Crippen molar-refractivity contribution in [2.45, 2.75) is 6.92 Å². The fourth-order valence-electron chi connectivity index (χ4n) is 0.943. The van der Waals surface area contributed by atoms with E-state index in [4.69, 9.17) is 5.73 Å². The number of rotatable bonds is 0. The molecule has 3 nitrogen and oxygen atoms in total. The van der Waals surface area contributed by atoms with Gasteiger partial charge in [-0.25, -0.2) is 9.97 Å². The quantitative estimate of drug-likeness (QED) is 0.644. The van der Waals surface area contributed by atoms with E-state index in [0.717, 1.165) is 10.3 Å². The van der Waals surface area contributed by atoms with Gasteiger partial charge in [0, 0.05) is 4.88 Å². The molecule has 0 saturated heterocycles. The summed E-state index contributed by atoms with van der Waals surface area (Å²) >= 11 is 1.61. The molecule has 0 spiro atoms. The number of thiophene rings is 1. The van der Waals surface area contributed by atoms with E-state index in [1.807, 2.05) is 13.0 Å². The summed E-state index contributed by atoms with van der Waals surface area (Å²) in [5, 5.41) is 0. The molecule has 2 N–H and O–H groups in total. The van der Waals surface area contributed by atoms with Gasteiger partial charge in [0.1, 0.15) is 16.2 Å². The Kier molecular flexibility index (Phi) is 1.29. The largest absolute Gasteiger partial charge is 0.382 e. The first-order chi connectivity index (χ1) is 5.25. The van der Waals surface area contributed by atoms with E-state index in [-0.39, 0.29) is 0 Å². The lowest BCUT2D eigenvalue weighted by Gasteiger charge is -1.88. The van der Waals surface area contributed by atoms with Crippen molar-refractivity contribution in [3.63, 3.8) is 0 Å². The van der Waals surface area contributed by atoms with Crippen LogP contribution >= 0.6 is 11.3 Å². The van der Waals surface area contributed by atoms with E-state index in [2.05, 4.69) is 9.97 Å². The fraction of sp³-hybridized carbons (Fsp3) is 0.143. The maximum atomic E-state index is 5.47. The van der Waals surface area contributed by atoms with Crippen molar-refractivity contribution in [3.05, 3.63) is 17.1 Å². The number of aryl methyl sites for hydroxylation is 1. The molecule has 0 bridgehead atoms. The van der Waals surface area contributed by atoms with Gasteiger partial charge in [0.2, 0.25) is 0 Å². The number of hydrogen-bond donors (Lipinski definition) is 1. The smallest absolute Gasteiger partial charge is 0.144 e. The molecule has 0 aliphatic rings. The molecule has 0 aromatic carbocycles. The van der Waals surface area contributed by atoms with E-state index < -0.39 is 0 Å². The van der Waals surface area contributed by atoms with Crippen LogP contribution in [0.1, 0.15) is 4.88 Å². The highest BCUT2D eigenvalue weighted by Gasteiger charge is 1.99. The number of nitrogen functional groups attached to an aromatic ring is 1. The minimum atomic E-state index is 0.486. The number of aromatic nitrogens is 2. The zero-order valence-electron chi connectivity index (χ0n) is 6.03. The van der Waals surface area contributed by atoms with E-state index in [1.54, 1.807) is 17.5 Å². The van der Waals surface area contributed by atoms with Crippen molar-refractivity contribution in [1.29, 1.82) is 0 Å². The van der Waals surface area contributed by atoms with E-state index in [1.165, 1.54) is 4.88 Å². The summed E-state index contributed by atoms with van der Waals surface area (Å²) in [6, 6.07) is 2.01. The van der Waals surface area contributed by atoms with Gasteiger partial charge >= 0.3 is 0 Å². The molecule has 2 aromatic heterocycles. The van der Waals surface area contributed by atoms with Crippen molar-refractivity contribution >= 4 is 27.5 Å². The van der Waals surface area contributed by atoms with Gasteiger partial charge < -0.3 is 5.73 Å². The number of nitrogens with zero attached hydrogens (tertiary/aromatic N) is 2. The average Bonchev–Trinajstić information content (AvgIpc) is 2.27. The number of anilines is 1. The first-order valence-electron chi connectivity index (χ1n) is 3.24. The first kappa shape index (κ1) is 6.54.